The standard InChI is InChI=1S/C10H14O3S/c11-14(12)9-5-4-8-13-10-6-2-1-3-7-10/h1-3,6-7H,4-5,8-9H2,(H,11,12). The molecule has 3 nitrogen and oxygen atoms in total. The number of ether oxygens (including phenoxy) is 1. The second-order valence-corrected chi connectivity index (χ2v) is 3.95. The molecule has 1 unspecified atom stereocenters. The molecule has 0 heterocycles. The summed E-state index contributed by atoms with van der Waals surface area (Å²) in [5.41, 5.74) is 0. The van der Waals surface area contributed by atoms with E-state index in [-0.39, 0.29) is 0 Å². The average molecular weight is 214 g/mol. The van der Waals surface area contributed by atoms with Gasteiger partial charge in [-0.1, -0.05) is 18.2 Å². The molecular weight excluding hydrogens is 200 g/mol. The van der Waals surface area contributed by atoms with Gasteiger partial charge in [-0.05, 0) is 25.0 Å². The number of benzene rings is 1. The van der Waals surface area contributed by atoms with Gasteiger partial charge in [0.2, 0.25) is 0 Å². The molecule has 0 aliphatic rings. The van der Waals surface area contributed by atoms with Crippen LogP contribution in [0.1, 0.15) is 12.8 Å². The Morgan fingerprint density at radius 3 is 2.57 bits per heavy atom. The maximum atomic E-state index is 10.3. The lowest BCUT2D eigenvalue weighted by Gasteiger charge is -2.04. The molecule has 0 aliphatic heterocycles. The summed E-state index contributed by atoms with van der Waals surface area (Å²) in [5.74, 6) is 1.18. The van der Waals surface area contributed by atoms with Crippen molar-refractivity contribution in [2.75, 3.05) is 12.4 Å². The lowest BCUT2D eigenvalue weighted by atomic mass is 10.3. The van der Waals surface area contributed by atoms with Crippen LogP contribution in [-0.4, -0.2) is 21.1 Å². The molecule has 78 valence electrons. The minimum atomic E-state index is -1.67. The quantitative estimate of drug-likeness (QED) is 0.582. The topological polar surface area (TPSA) is 46.5 Å². The molecule has 0 aliphatic carbocycles. The van der Waals surface area contributed by atoms with Crippen molar-refractivity contribution in [1.29, 1.82) is 0 Å². The van der Waals surface area contributed by atoms with Crippen molar-refractivity contribution in [3.8, 4) is 5.75 Å². The van der Waals surface area contributed by atoms with E-state index in [9.17, 15) is 4.21 Å². The summed E-state index contributed by atoms with van der Waals surface area (Å²) in [6.07, 6.45) is 1.52. The molecule has 1 aromatic carbocycles. The third-order valence-electron chi connectivity index (χ3n) is 1.73. The van der Waals surface area contributed by atoms with Gasteiger partial charge in [-0.2, -0.15) is 0 Å². The second-order valence-electron chi connectivity index (χ2n) is 2.89. The SMILES string of the molecule is O=S(O)CCCCOc1ccccc1. The van der Waals surface area contributed by atoms with Gasteiger partial charge in [0.1, 0.15) is 5.75 Å². The molecule has 0 amide bonds. The first-order valence-electron chi connectivity index (χ1n) is 4.54. The van der Waals surface area contributed by atoms with E-state index in [1.807, 2.05) is 30.3 Å². The second kappa shape index (κ2) is 6.56. The van der Waals surface area contributed by atoms with Crippen LogP contribution in [0.15, 0.2) is 30.3 Å². The first kappa shape index (κ1) is 11.2. The maximum absolute atomic E-state index is 10.3. The highest BCUT2D eigenvalue weighted by Gasteiger charge is 1.95. The molecule has 0 spiro atoms. The van der Waals surface area contributed by atoms with Crippen molar-refractivity contribution in [3.05, 3.63) is 30.3 Å². The van der Waals surface area contributed by atoms with Crippen LogP contribution in [-0.2, 0) is 11.1 Å². The smallest absolute Gasteiger partial charge is 0.152 e. The first-order chi connectivity index (χ1) is 6.79. The predicted molar refractivity (Wildman–Crippen MR) is 56.8 cm³/mol. The molecule has 0 fully saturated rings. The van der Waals surface area contributed by atoms with Gasteiger partial charge in [-0.3, -0.25) is 0 Å². The van der Waals surface area contributed by atoms with E-state index in [1.165, 1.54) is 0 Å². The van der Waals surface area contributed by atoms with E-state index in [0.717, 1.165) is 18.6 Å². The van der Waals surface area contributed by atoms with Crippen LogP contribution < -0.4 is 4.74 Å². The monoisotopic (exact) mass is 214 g/mol. The molecule has 0 bridgehead atoms. The van der Waals surface area contributed by atoms with E-state index in [2.05, 4.69) is 0 Å². The van der Waals surface area contributed by atoms with Crippen LogP contribution in [0, 0.1) is 0 Å². The molecule has 1 aromatic rings. The third kappa shape index (κ3) is 4.99. The highest BCUT2D eigenvalue weighted by atomic mass is 32.2. The van der Waals surface area contributed by atoms with Crippen LogP contribution in [0.2, 0.25) is 0 Å². The molecule has 1 rings (SSSR count). The van der Waals surface area contributed by atoms with Gasteiger partial charge < -0.3 is 9.29 Å². The fourth-order valence-electron chi connectivity index (χ4n) is 1.03. The third-order valence-corrected chi connectivity index (χ3v) is 2.36. The van der Waals surface area contributed by atoms with Gasteiger partial charge in [0.05, 0.1) is 6.61 Å². The Kier molecular flexibility index (Phi) is 5.25. The van der Waals surface area contributed by atoms with Crippen molar-refractivity contribution in [3.63, 3.8) is 0 Å². The normalized spacial score (nSPS) is 12.4. The predicted octanol–water partition coefficient (Wildman–Crippen LogP) is 2.07. The summed E-state index contributed by atoms with van der Waals surface area (Å²) >= 11 is -1.67. The number of unbranched alkanes of at least 4 members (excludes halogenated alkanes) is 1. The highest BCUT2D eigenvalue weighted by Crippen LogP contribution is 2.08. The summed E-state index contributed by atoms with van der Waals surface area (Å²) in [7, 11) is 0. The van der Waals surface area contributed by atoms with Gasteiger partial charge in [0.15, 0.2) is 11.1 Å². The summed E-state index contributed by atoms with van der Waals surface area (Å²) in [4.78, 5) is 0. The molecule has 0 saturated heterocycles. The molecule has 0 radical (unpaired) electrons. The van der Waals surface area contributed by atoms with Gasteiger partial charge in [-0.15, -0.1) is 0 Å². The Bertz CT molecular complexity index is 274. The van der Waals surface area contributed by atoms with Gasteiger partial charge in [-0.25, -0.2) is 4.21 Å². The summed E-state index contributed by atoms with van der Waals surface area (Å²) in [6.45, 7) is 0.598. The zero-order valence-corrected chi connectivity index (χ0v) is 8.70. The fourth-order valence-corrected chi connectivity index (χ4v) is 1.49. The fraction of sp³-hybridized carbons (Fsp3) is 0.400. The van der Waals surface area contributed by atoms with Gasteiger partial charge >= 0.3 is 0 Å². The lowest BCUT2D eigenvalue weighted by molar-refractivity contribution is 0.309. The number of hydrogen-bond donors (Lipinski definition) is 1. The minimum Gasteiger partial charge on any atom is -0.494 e. The Labute approximate surface area is 86.4 Å². The summed E-state index contributed by atoms with van der Waals surface area (Å²) < 4.78 is 24.2. The maximum Gasteiger partial charge on any atom is 0.152 e. The largest absolute Gasteiger partial charge is 0.494 e. The Balaban J connectivity index is 2.08. The van der Waals surface area contributed by atoms with E-state index >= 15 is 0 Å². The number of hydrogen-bond acceptors (Lipinski definition) is 2. The molecule has 0 saturated carbocycles. The van der Waals surface area contributed by atoms with Gasteiger partial charge in [0.25, 0.3) is 0 Å². The van der Waals surface area contributed by atoms with E-state index in [1.54, 1.807) is 0 Å². The van der Waals surface area contributed by atoms with E-state index in [0.29, 0.717) is 12.4 Å². The van der Waals surface area contributed by atoms with Crippen LogP contribution in [0.5, 0.6) is 5.75 Å². The van der Waals surface area contributed by atoms with Crippen molar-refractivity contribution < 1.29 is 13.5 Å². The Morgan fingerprint density at radius 2 is 1.93 bits per heavy atom. The number of rotatable bonds is 6. The van der Waals surface area contributed by atoms with E-state index in [4.69, 9.17) is 9.29 Å². The molecule has 4 heteroatoms. The minimum absolute atomic E-state index is 0.331. The van der Waals surface area contributed by atoms with E-state index < -0.39 is 11.1 Å². The zero-order valence-electron chi connectivity index (χ0n) is 7.89. The van der Waals surface area contributed by atoms with Crippen molar-refractivity contribution >= 4 is 11.1 Å². The zero-order chi connectivity index (χ0) is 10.2. The molecule has 1 N–H and O–H groups in total. The molecular formula is C10H14O3S. The van der Waals surface area contributed by atoms with Crippen molar-refractivity contribution in [2.24, 2.45) is 0 Å². The first-order valence-corrected chi connectivity index (χ1v) is 5.82. The molecule has 1 atom stereocenters. The van der Waals surface area contributed by atoms with Crippen molar-refractivity contribution in [2.45, 2.75) is 12.8 Å². The number of para-hydroxylation sites is 1. The molecule has 0 aromatic heterocycles. The van der Waals surface area contributed by atoms with Crippen LogP contribution in [0.4, 0.5) is 0 Å². The Hall–Kier alpha value is -0.870. The summed E-state index contributed by atoms with van der Waals surface area (Å²) in [6, 6.07) is 9.55. The molecule has 14 heavy (non-hydrogen) atoms. The highest BCUT2D eigenvalue weighted by molar-refractivity contribution is 7.79. The lowest BCUT2D eigenvalue weighted by Crippen LogP contribution is -2.01. The van der Waals surface area contributed by atoms with Crippen LogP contribution in [0.25, 0.3) is 0 Å². The van der Waals surface area contributed by atoms with Crippen molar-refractivity contribution in [1.82, 2.24) is 0 Å². The van der Waals surface area contributed by atoms with Crippen LogP contribution >= 0.6 is 0 Å². The van der Waals surface area contributed by atoms with Gasteiger partial charge in [0, 0.05) is 5.75 Å². The average Bonchev–Trinajstić information content (AvgIpc) is 2.18. The van der Waals surface area contributed by atoms with Crippen LogP contribution in [0.3, 0.4) is 0 Å². The Morgan fingerprint density at radius 1 is 1.21 bits per heavy atom. The summed E-state index contributed by atoms with van der Waals surface area (Å²) in [5, 5.41) is 0.